The van der Waals surface area contributed by atoms with E-state index in [1.807, 2.05) is 29.2 Å². The second-order valence-electron chi connectivity index (χ2n) is 6.43. The fourth-order valence-corrected chi connectivity index (χ4v) is 3.23. The van der Waals surface area contributed by atoms with Gasteiger partial charge in [0, 0.05) is 19.5 Å². The second kappa shape index (κ2) is 6.69. The molecule has 1 aliphatic carbocycles. The summed E-state index contributed by atoms with van der Waals surface area (Å²) in [4.78, 5) is 14.5. The largest absolute Gasteiger partial charge is 0.496 e. The van der Waals surface area contributed by atoms with Crippen molar-refractivity contribution in [3.63, 3.8) is 0 Å². The van der Waals surface area contributed by atoms with Crippen molar-refractivity contribution in [3.8, 4) is 5.75 Å². The fourth-order valence-electron chi connectivity index (χ4n) is 3.23. The highest BCUT2D eigenvalue weighted by Crippen LogP contribution is 2.36. The number of nitrogens with zero attached hydrogens (tertiary/aromatic N) is 1. The van der Waals surface area contributed by atoms with E-state index >= 15 is 0 Å². The van der Waals surface area contributed by atoms with E-state index in [-0.39, 0.29) is 18.1 Å². The van der Waals surface area contributed by atoms with E-state index in [4.69, 9.17) is 9.47 Å². The molecule has 22 heavy (non-hydrogen) atoms. The molecular weight excluding hydrogens is 278 g/mol. The van der Waals surface area contributed by atoms with Crippen molar-refractivity contribution in [1.82, 2.24) is 4.90 Å². The minimum atomic E-state index is 0.148. The number of ether oxygens (including phenoxy) is 2. The van der Waals surface area contributed by atoms with Gasteiger partial charge in [0.25, 0.3) is 0 Å². The number of benzene rings is 1. The zero-order valence-electron chi connectivity index (χ0n) is 13.5. The van der Waals surface area contributed by atoms with Gasteiger partial charge in [-0.15, -0.1) is 0 Å². The molecule has 1 saturated carbocycles. The third-order valence-corrected chi connectivity index (χ3v) is 4.59. The van der Waals surface area contributed by atoms with Gasteiger partial charge in [-0.05, 0) is 43.7 Å². The zero-order valence-corrected chi connectivity index (χ0v) is 13.5. The first-order valence-corrected chi connectivity index (χ1v) is 8.22. The quantitative estimate of drug-likeness (QED) is 0.839. The van der Waals surface area contributed by atoms with E-state index in [1.165, 1.54) is 12.8 Å². The van der Waals surface area contributed by atoms with Crippen LogP contribution in [0.25, 0.3) is 0 Å². The van der Waals surface area contributed by atoms with E-state index in [2.05, 4.69) is 6.92 Å². The summed E-state index contributed by atoms with van der Waals surface area (Å²) in [5, 5.41) is 0. The van der Waals surface area contributed by atoms with Gasteiger partial charge in [0.05, 0.1) is 19.3 Å². The summed E-state index contributed by atoms with van der Waals surface area (Å²) in [6.45, 7) is 3.54. The molecule has 4 heteroatoms. The monoisotopic (exact) mass is 303 g/mol. The van der Waals surface area contributed by atoms with Crippen LogP contribution in [-0.2, 0) is 16.0 Å². The molecule has 0 N–H and O–H groups in total. The Hall–Kier alpha value is -1.55. The molecule has 1 heterocycles. The number of methoxy groups -OCH3 is 1. The Bertz CT molecular complexity index is 527. The summed E-state index contributed by atoms with van der Waals surface area (Å²) in [5.74, 6) is 1.76. The van der Waals surface area contributed by atoms with Crippen LogP contribution in [0.4, 0.5) is 0 Å². The first-order chi connectivity index (χ1) is 10.7. The van der Waals surface area contributed by atoms with Crippen molar-refractivity contribution in [2.45, 2.75) is 44.8 Å². The second-order valence-corrected chi connectivity index (χ2v) is 6.43. The molecule has 4 nitrogen and oxygen atoms in total. The lowest BCUT2D eigenvalue weighted by molar-refractivity contribution is -0.145. The van der Waals surface area contributed by atoms with Crippen LogP contribution in [0.3, 0.4) is 0 Å². The van der Waals surface area contributed by atoms with Crippen molar-refractivity contribution in [2.24, 2.45) is 5.92 Å². The van der Waals surface area contributed by atoms with Gasteiger partial charge in [-0.2, -0.15) is 0 Å². The van der Waals surface area contributed by atoms with Gasteiger partial charge in [0.1, 0.15) is 5.75 Å². The van der Waals surface area contributed by atoms with Crippen molar-refractivity contribution in [3.05, 3.63) is 29.8 Å². The molecule has 1 saturated heterocycles. The lowest BCUT2D eigenvalue weighted by atomic mass is 10.1. The molecule has 1 aliphatic heterocycles. The smallest absolute Gasteiger partial charge is 0.223 e. The normalized spacial score (nSPS) is 25.1. The maximum Gasteiger partial charge on any atom is 0.223 e. The number of amides is 1. The molecule has 2 aliphatic rings. The van der Waals surface area contributed by atoms with E-state index in [0.717, 1.165) is 24.3 Å². The lowest BCUT2D eigenvalue weighted by Crippen LogP contribution is -2.49. The van der Waals surface area contributed by atoms with Gasteiger partial charge in [0.15, 0.2) is 0 Å². The average molecular weight is 303 g/mol. The number of morpholine rings is 1. The summed E-state index contributed by atoms with van der Waals surface area (Å²) in [7, 11) is 1.67. The molecule has 1 aromatic carbocycles. The molecule has 2 unspecified atom stereocenters. The van der Waals surface area contributed by atoms with Crippen molar-refractivity contribution < 1.29 is 14.3 Å². The summed E-state index contributed by atoms with van der Waals surface area (Å²) in [6.07, 6.45) is 4.16. The maximum atomic E-state index is 12.5. The van der Waals surface area contributed by atoms with E-state index in [0.29, 0.717) is 18.9 Å². The Morgan fingerprint density at radius 2 is 2.09 bits per heavy atom. The highest BCUT2D eigenvalue weighted by Gasteiger charge is 2.38. The first-order valence-electron chi connectivity index (χ1n) is 8.22. The van der Waals surface area contributed by atoms with E-state index < -0.39 is 0 Å². The highest BCUT2D eigenvalue weighted by molar-refractivity contribution is 5.76. The number of para-hydroxylation sites is 1. The lowest BCUT2D eigenvalue weighted by Gasteiger charge is -2.37. The zero-order chi connectivity index (χ0) is 15.5. The minimum absolute atomic E-state index is 0.148. The third-order valence-electron chi connectivity index (χ3n) is 4.59. The van der Waals surface area contributed by atoms with E-state index in [9.17, 15) is 4.79 Å². The van der Waals surface area contributed by atoms with Crippen LogP contribution in [0.1, 0.15) is 31.7 Å². The van der Waals surface area contributed by atoms with E-state index in [1.54, 1.807) is 7.11 Å². The molecular formula is C18H25NO3. The van der Waals surface area contributed by atoms with Crippen LogP contribution in [0.15, 0.2) is 24.3 Å². The first kappa shape index (κ1) is 15.3. The van der Waals surface area contributed by atoms with Crippen LogP contribution in [0, 0.1) is 5.92 Å². The van der Waals surface area contributed by atoms with Gasteiger partial charge in [-0.3, -0.25) is 4.79 Å². The number of hydrogen-bond donors (Lipinski definition) is 0. The molecule has 1 amide bonds. The average Bonchev–Trinajstić information content (AvgIpc) is 3.37. The van der Waals surface area contributed by atoms with Gasteiger partial charge in [-0.1, -0.05) is 18.2 Å². The maximum absolute atomic E-state index is 12.5. The van der Waals surface area contributed by atoms with Crippen molar-refractivity contribution in [1.29, 1.82) is 0 Å². The Labute approximate surface area is 132 Å². The van der Waals surface area contributed by atoms with Gasteiger partial charge >= 0.3 is 0 Å². The van der Waals surface area contributed by atoms with Crippen LogP contribution >= 0.6 is 0 Å². The number of rotatable bonds is 5. The van der Waals surface area contributed by atoms with Crippen LogP contribution in [0.2, 0.25) is 0 Å². The Morgan fingerprint density at radius 1 is 1.32 bits per heavy atom. The summed E-state index contributed by atoms with van der Waals surface area (Å²) in [5.41, 5.74) is 1.10. The SMILES string of the molecule is COc1ccccc1CCC(=O)N1CC(C)OC(C2CC2)C1. The molecule has 0 spiro atoms. The fraction of sp³-hybridized carbons (Fsp3) is 0.611. The highest BCUT2D eigenvalue weighted by atomic mass is 16.5. The summed E-state index contributed by atoms with van der Waals surface area (Å²) < 4.78 is 11.3. The standard InChI is InChI=1S/C18H25NO3/c1-13-11-19(12-17(22-13)15-7-8-15)18(20)10-9-14-5-3-4-6-16(14)21-2/h3-6,13,15,17H,7-12H2,1-2H3. The number of hydrogen-bond acceptors (Lipinski definition) is 3. The Balaban J connectivity index is 1.56. The van der Waals surface area contributed by atoms with Crippen molar-refractivity contribution in [2.75, 3.05) is 20.2 Å². The van der Waals surface area contributed by atoms with Crippen LogP contribution in [-0.4, -0.2) is 43.2 Å². The van der Waals surface area contributed by atoms with Crippen LogP contribution in [0.5, 0.6) is 5.75 Å². The molecule has 0 aromatic heterocycles. The molecule has 120 valence electrons. The predicted molar refractivity (Wildman–Crippen MR) is 85.0 cm³/mol. The summed E-state index contributed by atoms with van der Waals surface area (Å²) >= 11 is 0. The third kappa shape index (κ3) is 3.61. The number of aryl methyl sites for hydroxylation is 1. The van der Waals surface area contributed by atoms with Crippen LogP contribution < -0.4 is 4.74 Å². The summed E-state index contributed by atoms with van der Waals surface area (Å²) in [6, 6.07) is 7.91. The van der Waals surface area contributed by atoms with Crippen molar-refractivity contribution >= 4 is 5.91 Å². The molecule has 1 aromatic rings. The Kier molecular flexibility index (Phi) is 4.67. The number of carbonyl (C=O) groups excluding carboxylic acids is 1. The molecule has 2 fully saturated rings. The van der Waals surface area contributed by atoms with Gasteiger partial charge in [0.2, 0.25) is 5.91 Å². The Morgan fingerprint density at radius 3 is 2.82 bits per heavy atom. The molecule has 0 radical (unpaired) electrons. The van der Waals surface area contributed by atoms with Gasteiger partial charge < -0.3 is 14.4 Å². The molecule has 0 bridgehead atoms. The topological polar surface area (TPSA) is 38.8 Å². The molecule has 2 atom stereocenters. The molecule has 3 rings (SSSR count). The van der Waals surface area contributed by atoms with Gasteiger partial charge in [-0.25, -0.2) is 0 Å². The number of carbonyl (C=O) groups is 1. The minimum Gasteiger partial charge on any atom is -0.496 e. The predicted octanol–water partition coefficient (Wildman–Crippen LogP) is 2.65.